The fourth-order valence-corrected chi connectivity index (χ4v) is 2.99. The van der Waals surface area contributed by atoms with E-state index >= 15 is 0 Å². The molecular formula is C24H24N2O. The molecule has 0 radical (unpaired) electrons. The Morgan fingerprint density at radius 2 is 1.30 bits per heavy atom. The molecule has 3 nitrogen and oxygen atoms in total. The summed E-state index contributed by atoms with van der Waals surface area (Å²) in [6.07, 6.45) is 1.68. The highest BCUT2D eigenvalue weighted by molar-refractivity contribution is 5.88. The summed E-state index contributed by atoms with van der Waals surface area (Å²) >= 11 is 0. The Labute approximate surface area is 160 Å². The van der Waals surface area contributed by atoms with Gasteiger partial charge in [-0.05, 0) is 28.2 Å². The number of hydrogen-bond acceptors (Lipinski definition) is 2. The van der Waals surface area contributed by atoms with Crippen molar-refractivity contribution >= 4 is 12.1 Å². The molecule has 0 aromatic heterocycles. The first-order valence-corrected chi connectivity index (χ1v) is 9.18. The molecule has 0 spiro atoms. The lowest BCUT2D eigenvalue weighted by Gasteiger charge is -2.16. The number of hydrogen-bond donors (Lipinski definition) is 1. The molecule has 0 bridgehead atoms. The van der Waals surface area contributed by atoms with Gasteiger partial charge >= 0.3 is 0 Å². The number of hydrazone groups is 1. The molecule has 3 aromatic carbocycles. The van der Waals surface area contributed by atoms with E-state index in [2.05, 4.69) is 36.5 Å². The van der Waals surface area contributed by atoms with Crippen molar-refractivity contribution in [3.8, 4) is 0 Å². The number of carbonyl (C=O) groups excluding carboxylic acids is 1. The van der Waals surface area contributed by atoms with E-state index in [1.807, 2.05) is 72.8 Å². The van der Waals surface area contributed by atoms with E-state index < -0.39 is 5.92 Å². The van der Waals surface area contributed by atoms with E-state index in [9.17, 15) is 4.79 Å². The zero-order valence-electron chi connectivity index (χ0n) is 15.7. The maximum atomic E-state index is 12.9. The van der Waals surface area contributed by atoms with Crippen molar-refractivity contribution in [2.75, 3.05) is 0 Å². The SMILES string of the molecule is CC(C)c1ccc(C=NNC(=O)C(c2ccccc2)c2ccccc2)cc1. The summed E-state index contributed by atoms with van der Waals surface area (Å²) < 4.78 is 0. The standard InChI is InChI=1S/C24H24N2O/c1-18(2)20-15-13-19(14-16-20)17-25-26-24(27)23(21-9-5-3-6-10-21)22-11-7-4-8-12-22/h3-18,23H,1-2H3,(H,26,27). The predicted octanol–water partition coefficient (Wildman–Crippen LogP) is 5.09. The molecule has 0 fully saturated rings. The van der Waals surface area contributed by atoms with E-state index in [-0.39, 0.29) is 5.91 Å². The Bertz CT molecular complexity index is 845. The van der Waals surface area contributed by atoms with Crippen LogP contribution < -0.4 is 5.43 Å². The topological polar surface area (TPSA) is 41.5 Å². The van der Waals surface area contributed by atoms with Crippen molar-refractivity contribution in [2.24, 2.45) is 5.10 Å². The molecule has 136 valence electrons. The third-order valence-corrected chi connectivity index (χ3v) is 4.52. The van der Waals surface area contributed by atoms with Gasteiger partial charge in [-0.1, -0.05) is 98.8 Å². The van der Waals surface area contributed by atoms with Crippen LogP contribution in [0.5, 0.6) is 0 Å². The summed E-state index contributed by atoms with van der Waals surface area (Å²) in [5.74, 6) is -0.0523. The molecule has 3 rings (SSSR count). The van der Waals surface area contributed by atoms with Gasteiger partial charge in [0, 0.05) is 0 Å². The zero-order chi connectivity index (χ0) is 19.1. The second kappa shape index (κ2) is 8.95. The number of nitrogens with zero attached hydrogens (tertiary/aromatic N) is 1. The van der Waals surface area contributed by atoms with E-state index in [1.54, 1.807) is 6.21 Å². The molecule has 1 N–H and O–H groups in total. The first-order chi connectivity index (χ1) is 13.1. The number of benzene rings is 3. The maximum Gasteiger partial charge on any atom is 0.252 e. The van der Waals surface area contributed by atoms with Gasteiger partial charge in [-0.3, -0.25) is 4.79 Å². The number of amides is 1. The van der Waals surface area contributed by atoms with Gasteiger partial charge in [-0.15, -0.1) is 0 Å². The highest BCUT2D eigenvalue weighted by atomic mass is 16.2. The first-order valence-electron chi connectivity index (χ1n) is 9.18. The van der Waals surface area contributed by atoms with Crippen molar-refractivity contribution in [3.63, 3.8) is 0 Å². The molecule has 3 heteroatoms. The van der Waals surface area contributed by atoms with Gasteiger partial charge in [0.05, 0.1) is 12.1 Å². The van der Waals surface area contributed by atoms with Crippen molar-refractivity contribution in [3.05, 3.63) is 107 Å². The smallest absolute Gasteiger partial charge is 0.252 e. The second-order valence-corrected chi connectivity index (χ2v) is 6.81. The summed E-state index contributed by atoms with van der Waals surface area (Å²) in [6, 6.07) is 27.7. The van der Waals surface area contributed by atoms with Crippen molar-refractivity contribution < 1.29 is 4.79 Å². The summed E-state index contributed by atoms with van der Waals surface area (Å²) in [7, 11) is 0. The van der Waals surface area contributed by atoms with Crippen LogP contribution in [0.4, 0.5) is 0 Å². The number of nitrogens with one attached hydrogen (secondary N) is 1. The second-order valence-electron chi connectivity index (χ2n) is 6.81. The molecule has 0 aliphatic heterocycles. The van der Waals surface area contributed by atoms with Crippen molar-refractivity contribution in [1.82, 2.24) is 5.43 Å². The monoisotopic (exact) mass is 356 g/mol. The fourth-order valence-electron chi connectivity index (χ4n) is 2.99. The lowest BCUT2D eigenvalue weighted by atomic mass is 9.91. The minimum Gasteiger partial charge on any atom is -0.272 e. The predicted molar refractivity (Wildman–Crippen MR) is 111 cm³/mol. The van der Waals surface area contributed by atoms with Crippen LogP contribution >= 0.6 is 0 Å². The number of rotatable bonds is 6. The highest BCUT2D eigenvalue weighted by Crippen LogP contribution is 2.24. The van der Waals surface area contributed by atoms with Crippen LogP contribution in [0.3, 0.4) is 0 Å². The van der Waals surface area contributed by atoms with Crippen LogP contribution in [0.1, 0.15) is 47.9 Å². The van der Waals surface area contributed by atoms with Gasteiger partial charge in [0.15, 0.2) is 0 Å². The van der Waals surface area contributed by atoms with Crippen molar-refractivity contribution in [1.29, 1.82) is 0 Å². The summed E-state index contributed by atoms with van der Waals surface area (Å²) in [4.78, 5) is 12.9. The Morgan fingerprint density at radius 3 is 1.78 bits per heavy atom. The lowest BCUT2D eigenvalue weighted by molar-refractivity contribution is -0.121. The molecule has 0 unspecified atom stereocenters. The molecule has 0 saturated heterocycles. The fraction of sp³-hybridized carbons (Fsp3) is 0.167. The average molecular weight is 356 g/mol. The number of carbonyl (C=O) groups is 1. The minimum absolute atomic E-state index is 0.151. The van der Waals surface area contributed by atoms with Crippen LogP contribution in [0, 0.1) is 0 Å². The molecule has 0 atom stereocenters. The average Bonchev–Trinajstić information content (AvgIpc) is 2.70. The zero-order valence-corrected chi connectivity index (χ0v) is 15.7. The van der Waals surface area contributed by atoms with E-state index in [0.29, 0.717) is 5.92 Å². The molecule has 0 saturated carbocycles. The van der Waals surface area contributed by atoms with E-state index in [1.165, 1.54) is 5.56 Å². The van der Waals surface area contributed by atoms with Gasteiger partial charge in [-0.25, -0.2) is 5.43 Å². The third kappa shape index (κ3) is 4.91. The molecule has 0 aliphatic rings. The Balaban J connectivity index is 1.75. The quantitative estimate of drug-likeness (QED) is 0.485. The molecule has 1 amide bonds. The molecule has 0 aliphatic carbocycles. The van der Waals surface area contributed by atoms with Gasteiger partial charge in [0.2, 0.25) is 0 Å². The molecular weight excluding hydrogens is 332 g/mol. The highest BCUT2D eigenvalue weighted by Gasteiger charge is 2.22. The Hall–Kier alpha value is -3.20. The summed E-state index contributed by atoms with van der Waals surface area (Å²) in [5, 5.41) is 4.16. The van der Waals surface area contributed by atoms with Gasteiger partial charge in [0.1, 0.15) is 0 Å². The third-order valence-electron chi connectivity index (χ3n) is 4.52. The summed E-state index contributed by atoms with van der Waals surface area (Å²) in [5.41, 5.74) is 6.82. The minimum atomic E-state index is -0.395. The van der Waals surface area contributed by atoms with Gasteiger partial charge in [0.25, 0.3) is 5.91 Å². The maximum absolute atomic E-state index is 12.9. The van der Waals surface area contributed by atoms with Gasteiger partial charge < -0.3 is 0 Å². The Kier molecular flexibility index (Phi) is 6.16. The van der Waals surface area contributed by atoms with Crippen LogP contribution in [0.15, 0.2) is 90.0 Å². The molecule has 0 heterocycles. The van der Waals surface area contributed by atoms with Crippen LogP contribution in [0.25, 0.3) is 0 Å². The molecule has 3 aromatic rings. The van der Waals surface area contributed by atoms with Crippen LogP contribution in [-0.4, -0.2) is 12.1 Å². The Morgan fingerprint density at radius 1 is 0.778 bits per heavy atom. The van der Waals surface area contributed by atoms with E-state index in [0.717, 1.165) is 16.7 Å². The lowest BCUT2D eigenvalue weighted by Crippen LogP contribution is -2.26. The van der Waals surface area contributed by atoms with E-state index in [4.69, 9.17) is 0 Å². The van der Waals surface area contributed by atoms with Gasteiger partial charge in [-0.2, -0.15) is 5.10 Å². The van der Waals surface area contributed by atoms with Crippen LogP contribution in [0.2, 0.25) is 0 Å². The summed E-state index contributed by atoms with van der Waals surface area (Å²) in [6.45, 7) is 4.33. The van der Waals surface area contributed by atoms with Crippen LogP contribution in [-0.2, 0) is 4.79 Å². The molecule has 27 heavy (non-hydrogen) atoms. The first kappa shape index (κ1) is 18.6. The normalized spacial score (nSPS) is 11.3. The van der Waals surface area contributed by atoms with Crippen molar-refractivity contribution in [2.45, 2.75) is 25.7 Å². The largest absolute Gasteiger partial charge is 0.272 e.